The zero-order valence-electron chi connectivity index (χ0n) is 21.9. The van der Waals surface area contributed by atoms with E-state index < -0.39 is 11.6 Å². The minimum atomic E-state index is -0.702. The van der Waals surface area contributed by atoms with E-state index in [4.69, 9.17) is 9.84 Å². The van der Waals surface area contributed by atoms with E-state index in [0.717, 1.165) is 24.1 Å². The van der Waals surface area contributed by atoms with Gasteiger partial charge in [-0.1, -0.05) is 27.2 Å². The van der Waals surface area contributed by atoms with E-state index in [-0.39, 0.29) is 23.3 Å². The molecule has 0 spiro atoms. The first-order valence-corrected chi connectivity index (χ1v) is 16.1. The predicted molar refractivity (Wildman–Crippen MR) is 146 cm³/mol. The van der Waals surface area contributed by atoms with Gasteiger partial charge >= 0.3 is 12.1 Å². The van der Waals surface area contributed by atoms with Crippen LogP contribution in [0.15, 0.2) is 6.20 Å². The quantitative estimate of drug-likeness (QED) is 0.290. The topological polar surface area (TPSA) is 87.9 Å². The summed E-state index contributed by atoms with van der Waals surface area (Å²) < 4.78 is 7.42. The van der Waals surface area contributed by atoms with Crippen molar-refractivity contribution in [3.63, 3.8) is 0 Å². The number of ether oxygens (including phenoxy) is 1. The van der Waals surface area contributed by atoms with Gasteiger partial charge in [-0.05, 0) is 74.0 Å². The molecule has 0 saturated heterocycles. The molecule has 1 heterocycles. The Balaban J connectivity index is 2.14. The summed E-state index contributed by atoms with van der Waals surface area (Å²) in [5.41, 5.74) is 1.44. The fraction of sp³-hybridized carbons (Fsp3) is 0.792. The molecule has 4 unspecified atom stereocenters. The van der Waals surface area contributed by atoms with Gasteiger partial charge in [0.2, 0.25) is 0 Å². The molecule has 8 nitrogen and oxygen atoms in total. The summed E-state index contributed by atoms with van der Waals surface area (Å²) in [5.74, 6) is -0.600. The lowest BCUT2D eigenvalue weighted by atomic mass is 9.58. The van der Waals surface area contributed by atoms with Crippen molar-refractivity contribution in [2.75, 3.05) is 27.2 Å². The third-order valence-electron chi connectivity index (χ3n) is 7.09. The number of nitrogens with zero attached hydrogens (tertiary/aromatic N) is 4. The smallest absolute Gasteiger partial charge is 0.410 e. The molecule has 1 aromatic rings. The summed E-state index contributed by atoms with van der Waals surface area (Å²) in [7, 11) is 3.79. The zero-order valence-corrected chi connectivity index (χ0v) is 25.0. The number of aliphatic carboxylic acids is 1. The molecule has 194 valence electrons. The third-order valence-corrected chi connectivity index (χ3v) is 8.97. The molecule has 1 fully saturated rings. The summed E-state index contributed by atoms with van der Waals surface area (Å²) in [6, 6.07) is 0. The summed E-state index contributed by atoms with van der Waals surface area (Å²) in [6.45, 7) is 13.9. The molecule has 34 heavy (non-hydrogen) atoms. The second-order valence-corrected chi connectivity index (χ2v) is 13.3. The molecular formula is C24H42IN4O4P. The van der Waals surface area contributed by atoms with Gasteiger partial charge in [-0.3, -0.25) is 4.79 Å². The zero-order chi connectivity index (χ0) is 25.8. The van der Waals surface area contributed by atoms with Gasteiger partial charge in [-0.25, -0.2) is 9.25 Å². The molecule has 1 amide bonds. The normalized spacial score (nSPS) is 22.9. The molecule has 0 bridgehead atoms. The van der Waals surface area contributed by atoms with Gasteiger partial charge in [0.05, 0.1) is 18.0 Å². The maximum atomic E-state index is 12.3. The van der Waals surface area contributed by atoms with E-state index in [0.29, 0.717) is 38.3 Å². The maximum Gasteiger partial charge on any atom is 0.410 e. The highest BCUT2D eigenvalue weighted by molar-refractivity contribution is 14.2. The van der Waals surface area contributed by atoms with Crippen molar-refractivity contribution in [3.8, 4) is 0 Å². The number of carboxylic acids is 1. The average molecular weight is 609 g/mol. The van der Waals surface area contributed by atoms with Gasteiger partial charge < -0.3 is 19.6 Å². The molecule has 1 aromatic heterocycles. The van der Waals surface area contributed by atoms with Crippen molar-refractivity contribution in [2.24, 2.45) is 17.3 Å². The lowest BCUT2D eigenvalue weighted by Gasteiger charge is -2.46. The Kier molecular flexibility index (Phi) is 10.2. The largest absolute Gasteiger partial charge is 0.481 e. The highest BCUT2D eigenvalue weighted by atomic mass is 127. The number of likely N-dealkylation sites (N-methyl/N-ethyl adjacent to an activating group) is 2. The fourth-order valence-electron chi connectivity index (χ4n) is 5.00. The first kappa shape index (κ1) is 29.3. The molecule has 2 rings (SSSR count). The number of amides is 1. The van der Waals surface area contributed by atoms with Gasteiger partial charge in [0, 0.05) is 44.4 Å². The van der Waals surface area contributed by atoms with Crippen LogP contribution in [0.2, 0.25) is 0 Å². The molecule has 1 saturated carbocycles. The van der Waals surface area contributed by atoms with Crippen molar-refractivity contribution >= 4 is 40.5 Å². The highest BCUT2D eigenvalue weighted by Gasteiger charge is 2.47. The van der Waals surface area contributed by atoms with E-state index in [9.17, 15) is 14.7 Å². The standard InChI is InChI=1S/C24H42IN4O4P/c1-9-18-12-16(13-19(21(30)31)24(18,5)6)20-17(15-29(26-20)34-25)14-27(7)10-11-28(8)22(32)33-23(2,3)4/h15-16,18-19,34H,9-14H2,1-8H3,(H,30,31). The first-order chi connectivity index (χ1) is 15.7. The van der Waals surface area contributed by atoms with Crippen molar-refractivity contribution in [3.05, 3.63) is 17.5 Å². The lowest BCUT2D eigenvalue weighted by Crippen LogP contribution is -2.43. The minimum absolute atomic E-state index is 0.140. The Morgan fingerprint density at radius 1 is 1.29 bits per heavy atom. The number of carboxylic acid groups (broad SMARTS) is 1. The first-order valence-electron chi connectivity index (χ1n) is 12.0. The van der Waals surface area contributed by atoms with Crippen molar-refractivity contribution < 1.29 is 19.4 Å². The van der Waals surface area contributed by atoms with E-state index in [1.165, 1.54) is 0 Å². The number of aromatic nitrogens is 2. The highest BCUT2D eigenvalue weighted by Crippen LogP contribution is 2.52. The Morgan fingerprint density at radius 3 is 2.47 bits per heavy atom. The van der Waals surface area contributed by atoms with Crippen LogP contribution in [0, 0.1) is 17.3 Å². The predicted octanol–water partition coefficient (Wildman–Crippen LogP) is 5.60. The average Bonchev–Trinajstić information content (AvgIpc) is 3.12. The summed E-state index contributed by atoms with van der Waals surface area (Å²) in [5, 5.41) is 14.9. The molecule has 0 radical (unpaired) electrons. The summed E-state index contributed by atoms with van der Waals surface area (Å²) in [4.78, 5) is 28.2. The summed E-state index contributed by atoms with van der Waals surface area (Å²) >= 11 is 2.32. The van der Waals surface area contributed by atoms with E-state index in [1.807, 2.05) is 32.3 Å². The van der Waals surface area contributed by atoms with Crippen molar-refractivity contribution in [1.82, 2.24) is 19.4 Å². The van der Waals surface area contributed by atoms with Crippen LogP contribution in [0.25, 0.3) is 0 Å². The minimum Gasteiger partial charge on any atom is -0.481 e. The molecule has 10 heteroatoms. The number of rotatable bonds is 9. The van der Waals surface area contributed by atoms with Crippen molar-refractivity contribution in [2.45, 2.75) is 78.9 Å². The number of halogens is 1. The summed E-state index contributed by atoms with van der Waals surface area (Å²) in [6.07, 6.45) is 4.82. The molecule has 1 N–H and O–H groups in total. The van der Waals surface area contributed by atoms with Gasteiger partial charge in [-0.2, -0.15) is 5.10 Å². The molecule has 0 aliphatic heterocycles. The Labute approximate surface area is 219 Å². The van der Waals surface area contributed by atoms with Gasteiger partial charge in [0.25, 0.3) is 0 Å². The number of carbonyl (C=O) groups excluding carboxylic acids is 1. The second kappa shape index (κ2) is 11.9. The molecule has 4 atom stereocenters. The van der Waals surface area contributed by atoms with Crippen LogP contribution in [0.3, 0.4) is 0 Å². The van der Waals surface area contributed by atoms with Gasteiger partial charge in [0.1, 0.15) is 5.60 Å². The SMILES string of the molecule is CCC1CC(c2nn(PI)cc2CN(C)CCN(C)C(=O)OC(C)(C)C)CC(C(=O)O)C1(C)C. The van der Waals surface area contributed by atoms with Crippen LogP contribution in [0.4, 0.5) is 4.79 Å². The lowest BCUT2D eigenvalue weighted by molar-refractivity contribution is -0.150. The van der Waals surface area contributed by atoms with Crippen LogP contribution in [0.1, 0.15) is 78.0 Å². The molecule has 1 aliphatic rings. The van der Waals surface area contributed by atoms with Crippen LogP contribution < -0.4 is 0 Å². The number of hydrogen-bond donors (Lipinski definition) is 1. The van der Waals surface area contributed by atoms with E-state index in [1.54, 1.807) is 11.9 Å². The molecular weight excluding hydrogens is 566 g/mol. The second-order valence-electron chi connectivity index (χ2n) is 11.2. The van der Waals surface area contributed by atoms with Crippen LogP contribution in [0.5, 0.6) is 0 Å². The van der Waals surface area contributed by atoms with Crippen molar-refractivity contribution in [1.29, 1.82) is 0 Å². The monoisotopic (exact) mass is 608 g/mol. The Morgan fingerprint density at radius 2 is 1.94 bits per heavy atom. The van der Waals surface area contributed by atoms with E-state index >= 15 is 0 Å². The van der Waals surface area contributed by atoms with Gasteiger partial charge in [0.15, 0.2) is 0 Å². The molecule has 1 aliphatic carbocycles. The molecule has 0 aromatic carbocycles. The fourth-order valence-corrected chi connectivity index (χ4v) is 6.10. The number of hydrogen-bond acceptors (Lipinski definition) is 5. The van der Waals surface area contributed by atoms with Gasteiger partial charge in [-0.15, -0.1) is 0 Å². The van der Waals surface area contributed by atoms with E-state index in [2.05, 4.69) is 53.9 Å². The number of carbonyl (C=O) groups is 2. The maximum absolute atomic E-state index is 12.3. The Hall–Kier alpha value is -0.930. The third kappa shape index (κ3) is 7.53. The van der Waals surface area contributed by atoms with Crippen LogP contribution in [-0.2, 0) is 16.1 Å². The van der Waals surface area contributed by atoms with Crippen LogP contribution in [-0.4, -0.2) is 69.3 Å². The van der Waals surface area contributed by atoms with Crippen LogP contribution >= 0.6 is 28.4 Å². The Bertz CT molecular complexity index is 855.